The lowest BCUT2D eigenvalue weighted by molar-refractivity contribution is -0.142. The van der Waals surface area contributed by atoms with E-state index >= 15 is 0 Å². The molecule has 0 spiro atoms. The number of hydrogen-bond donors (Lipinski definition) is 3. The Morgan fingerprint density at radius 1 is 1.45 bits per heavy atom. The topological polar surface area (TPSA) is 109 Å². The number of nitrogens with zero attached hydrogens (tertiary/aromatic N) is 2. The number of aliphatic carboxylic acids is 1. The number of aromatic nitrogens is 1. The number of carboxylic acid groups (broad SMARTS) is 1. The second-order valence-electron chi connectivity index (χ2n) is 5.47. The number of pyridine rings is 1. The minimum atomic E-state index is -0.749. The van der Waals surface area contributed by atoms with E-state index in [4.69, 9.17) is 10.8 Å². The van der Waals surface area contributed by atoms with E-state index in [1.54, 1.807) is 12.3 Å². The molecule has 7 nitrogen and oxygen atoms in total. The number of carbonyl (C=O) groups excluding carboxylic acids is 1. The third kappa shape index (κ3) is 4.42. The summed E-state index contributed by atoms with van der Waals surface area (Å²) in [5.74, 6) is -0.682. The molecule has 0 aromatic carbocycles. The second kappa shape index (κ2) is 7.74. The second-order valence-corrected chi connectivity index (χ2v) is 5.47. The van der Waals surface area contributed by atoms with Crippen LogP contribution in [0.4, 0.5) is 11.5 Å². The van der Waals surface area contributed by atoms with E-state index in [0.717, 1.165) is 18.7 Å². The van der Waals surface area contributed by atoms with Crippen LogP contribution in [0.5, 0.6) is 0 Å². The van der Waals surface area contributed by atoms with E-state index in [9.17, 15) is 9.59 Å². The van der Waals surface area contributed by atoms with Gasteiger partial charge in [0.15, 0.2) is 0 Å². The van der Waals surface area contributed by atoms with Gasteiger partial charge in [0.25, 0.3) is 0 Å². The van der Waals surface area contributed by atoms with Gasteiger partial charge in [-0.3, -0.25) is 9.59 Å². The lowest BCUT2D eigenvalue weighted by Gasteiger charge is -2.32. The summed E-state index contributed by atoms with van der Waals surface area (Å²) >= 11 is 0. The zero-order chi connectivity index (χ0) is 15.9. The van der Waals surface area contributed by atoms with Crippen molar-refractivity contribution < 1.29 is 14.7 Å². The molecule has 0 aliphatic carbocycles. The highest BCUT2D eigenvalue weighted by Crippen LogP contribution is 2.23. The van der Waals surface area contributed by atoms with Crippen LogP contribution >= 0.6 is 0 Å². The maximum absolute atomic E-state index is 11.6. The summed E-state index contributed by atoms with van der Waals surface area (Å²) in [5, 5.41) is 11.8. The van der Waals surface area contributed by atoms with Crippen LogP contribution in [0.15, 0.2) is 18.3 Å². The Hall–Kier alpha value is -2.15. The van der Waals surface area contributed by atoms with Crippen LogP contribution in [0.1, 0.15) is 25.7 Å². The third-order valence-corrected chi connectivity index (χ3v) is 3.76. The Morgan fingerprint density at radius 3 is 2.91 bits per heavy atom. The Labute approximate surface area is 129 Å². The first-order valence-corrected chi connectivity index (χ1v) is 7.54. The average molecular weight is 306 g/mol. The molecule has 0 radical (unpaired) electrons. The molecule has 1 aliphatic rings. The minimum absolute atomic E-state index is 0.102. The smallest absolute Gasteiger partial charge is 0.308 e. The molecule has 1 amide bonds. The van der Waals surface area contributed by atoms with E-state index < -0.39 is 5.97 Å². The van der Waals surface area contributed by atoms with Gasteiger partial charge < -0.3 is 21.1 Å². The molecule has 22 heavy (non-hydrogen) atoms. The first-order valence-electron chi connectivity index (χ1n) is 7.54. The molecule has 2 rings (SSSR count). The van der Waals surface area contributed by atoms with Gasteiger partial charge in [-0.1, -0.05) is 0 Å². The van der Waals surface area contributed by atoms with Crippen LogP contribution in [-0.4, -0.2) is 41.6 Å². The van der Waals surface area contributed by atoms with Crippen LogP contribution in [-0.2, 0) is 9.59 Å². The standard InChI is InChI=1S/C15H22N4O3/c16-7-1-4-14(20)18-13-6-5-12(9-17-13)19-8-2-3-11(10-19)15(21)22/h5-6,9,11H,1-4,7-8,10,16H2,(H,21,22)(H,17,18,20). The number of anilines is 2. The van der Waals surface area contributed by atoms with Crippen molar-refractivity contribution >= 4 is 23.4 Å². The number of piperidine rings is 1. The van der Waals surface area contributed by atoms with Gasteiger partial charge >= 0.3 is 5.97 Å². The molecule has 7 heteroatoms. The summed E-state index contributed by atoms with van der Waals surface area (Å²) in [6.07, 6.45) is 4.27. The van der Waals surface area contributed by atoms with Gasteiger partial charge in [0.1, 0.15) is 5.82 Å². The Kier molecular flexibility index (Phi) is 5.71. The first-order chi connectivity index (χ1) is 10.6. The average Bonchev–Trinajstić information content (AvgIpc) is 2.53. The number of amides is 1. The van der Waals surface area contributed by atoms with E-state index in [1.807, 2.05) is 11.0 Å². The number of rotatable bonds is 6. The summed E-state index contributed by atoms with van der Waals surface area (Å²) in [6, 6.07) is 3.59. The molecule has 0 bridgehead atoms. The van der Waals surface area contributed by atoms with Crippen molar-refractivity contribution in [2.45, 2.75) is 25.7 Å². The van der Waals surface area contributed by atoms with Gasteiger partial charge in [0.05, 0.1) is 17.8 Å². The van der Waals surface area contributed by atoms with Crippen molar-refractivity contribution in [1.82, 2.24) is 4.98 Å². The van der Waals surface area contributed by atoms with Crippen molar-refractivity contribution in [3.63, 3.8) is 0 Å². The number of carbonyl (C=O) groups is 2. The fourth-order valence-corrected chi connectivity index (χ4v) is 2.53. The fraction of sp³-hybridized carbons (Fsp3) is 0.533. The molecule has 1 aliphatic heterocycles. The quantitative estimate of drug-likeness (QED) is 0.725. The first kappa shape index (κ1) is 16.2. The van der Waals surface area contributed by atoms with Crippen LogP contribution in [0, 0.1) is 5.92 Å². The van der Waals surface area contributed by atoms with Gasteiger partial charge in [-0.05, 0) is 37.9 Å². The Bertz CT molecular complexity index is 518. The number of nitrogens with two attached hydrogens (primary N) is 1. The Balaban J connectivity index is 1.93. The van der Waals surface area contributed by atoms with Crippen LogP contribution < -0.4 is 16.0 Å². The maximum atomic E-state index is 11.6. The van der Waals surface area contributed by atoms with Crippen molar-refractivity contribution in [1.29, 1.82) is 0 Å². The van der Waals surface area contributed by atoms with Crippen molar-refractivity contribution in [3.05, 3.63) is 18.3 Å². The molecule has 1 unspecified atom stereocenters. The summed E-state index contributed by atoms with van der Waals surface area (Å²) in [4.78, 5) is 28.9. The van der Waals surface area contributed by atoms with Crippen molar-refractivity contribution in [3.8, 4) is 0 Å². The molecule has 1 aromatic heterocycles. The van der Waals surface area contributed by atoms with Gasteiger partial charge in [-0.25, -0.2) is 4.98 Å². The van der Waals surface area contributed by atoms with Crippen LogP contribution in [0.3, 0.4) is 0 Å². The Morgan fingerprint density at radius 2 is 2.27 bits per heavy atom. The van der Waals surface area contributed by atoms with E-state index in [1.165, 1.54) is 0 Å². The van der Waals surface area contributed by atoms with Crippen molar-refractivity contribution in [2.75, 3.05) is 29.9 Å². The van der Waals surface area contributed by atoms with E-state index in [-0.39, 0.29) is 11.8 Å². The largest absolute Gasteiger partial charge is 0.481 e. The molecule has 1 saturated heterocycles. The molecular formula is C15H22N4O3. The van der Waals surface area contributed by atoms with Crippen molar-refractivity contribution in [2.24, 2.45) is 11.7 Å². The lowest BCUT2D eigenvalue weighted by Crippen LogP contribution is -2.38. The number of carboxylic acids is 1. The molecule has 1 aromatic rings. The van der Waals surface area contributed by atoms with Crippen LogP contribution in [0.2, 0.25) is 0 Å². The molecule has 4 N–H and O–H groups in total. The summed E-state index contributed by atoms with van der Waals surface area (Å²) in [6.45, 7) is 1.81. The molecule has 1 atom stereocenters. The van der Waals surface area contributed by atoms with Gasteiger partial charge in [0, 0.05) is 19.5 Å². The predicted molar refractivity (Wildman–Crippen MR) is 83.7 cm³/mol. The molecule has 2 heterocycles. The minimum Gasteiger partial charge on any atom is -0.481 e. The SMILES string of the molecule is NCCCC(=O)Nc1ccc(N2CCCC(C(=O)O)C2)cn1. The number of hydrogen-bond acceptors (Lipinski definition) is 5. The fourth-order valence-electron chi connectivity index (χ4n) is 2.53. The van der Waals surface area contributed by atoms with Gasteiger partial charge in [-0.15, -0.1) is 0 Å². The normalized spacial score (nSPS) is 18.0. The third-order valence-electron chi connectivity index (χ3n) is 3.76. The van der Waals surface area contributed by atoms with Gasteiger partial charge in [0.2, 0.25) is 5.91 Å². The summed E-state index contributed by atoms with van der Waals surface area (Å²) in [7, 11) is 0. The summed E-state index contributed by atoms with van der Waals surface area (Å²) in [5.41, 5.74) is 6.24. The highest BCUT2D eigenvalue weighted by atomic mass is 16.4. The lowest BCUT2D eigenvalue weighted by atomic mass is 9.98. The number of nitrogens with one attached hydrogen (secondary N) is 1. The highest BCUT2D eigenvalue weighted by molar-refractivity contribution is 5.89. The zero-order valence-electron chi connectivity index (χ0n) is 12.5. The molecule has 1 fully saturated rings. The van der Waals surface area contributed by atoms with E-state index in [2.05, 4.69) is 10.3 Å². The maximum Gasteiger partial charge on any atom is 0.308 e. The predicted octanol–water partition coefficient (Wildman–Crippen LogP) is 1.06. The van der Waals surface area contributed by atoms with Gasteiger partial charge in [-0.2, -0.15) is 0 Å². The highest BCUT2D eigenvalue weighted by Gasteiger charge is 2.25. The van der Waals surface area contributed by atoms with Crippen LogP contribution in [0.25, 0.3) is 0 Å². The molecular weight excluding hydrogens is 284 g/mol. The molecule has 0 saturated carbocycles. The zero-order valence-corrected chi connectivity index (χ0v) is 12.5. The summed E-state index contributed by atoms with van der Waals surface area (Å²) < 4.78 is 0. The molecule has 120 valence electrons. The van der Waals surface area contributed by atoms with E-state index in [0.29, 0.717) is 38.2 Å². The monoisotopic (exact) mass is 306 g/mol.